The van der Waals surface area contributed by atoms with Gasteiger partial charge < -0.3 is 24.8 Å². The van der Waals surface area contributed by atoms with Crippen molar-refractivity contribution in [1.29, 1.82) is 0 Å². The molecular weight excluding hydrogens is 466 g/mol. The molecule has 11 heteroatoms. The van der Waals surface area contributed by atoms with Gasteiger partial charge in [0, 0.05) is 5.69 Å². The molecule has 1 saturated heterocycles. The van der Waals surface area contributed by atoms with Crippen LogP contribution < -0.4 is 20.1 Å². The maximum absolute atomic E-state index is 12.7. The highest BCUT2D eigenvalue weighted by atomic mass is 35.5. The molecular formula is C23H22ClN3O7. The number of halogens is 1. The van der Waals surface area contributed by atoms with Crippen LogP contribution in [-0.2, 0) is 19.1 Å². The molecule has 1 heterocycles. The first-order valence-corrected chi connectivity index (χ1v) is 10.4. The van der Waals surface area contributed by atoms with E-state index in [2.05, 4.69) is 15.4 Å². The Labute approximate surface area is 200 Å². The van der Waals surface area contributed by atoms with Gasteiger partial charge in [0.05, 0.1) is 19.2 Å². The molecule has 0 atom stereocenters. The molecule has 1 aliphatic rings. The molecule has 0 saturated carbocycles. The molecule has 34 heavy (non-hydrogen) atoms. The quantitative estimate of drug-likeness (QED) is 0.333. The van der Waals surface area contributed by atoms with Gasteiger partial charge in [0.1, 0.15) is 12.2 Å². The summed E-state index contributed by atoms with van der Waals surface area (Å²) >= 11 is 6.25. The van der Waals surface area contributed by atoms with Gasteiger partial charge in [-0.3, -0.25) is 9.59 Å². The van der Waals surface area contributed by atoms with Gasteiger partial charge in [0.15, 0.2) is 18.1 Å². The minimum atomic E-state index is -0.730. The summed E-state index contributed by atoms with van der Waals surface area (Å²) in [4.78, 5) is 49.5. The van der Waals surface area contributed by atoms with E-state index in [-0.39, 0.29) is 28.8 Å². The van der Waals surface area contributed by atoms with Crippen molar-refractivity contribution < 1.29 is 33.4 Å². The zero-order valence-electron chi connectivity index (χ0n) is 18.6. The number of nitrogens with zero attached hydrogens (tertiary/aromatic N) is 1. The molecule has 0 aliphatic carbocycles. The number of aryl methyl sites for hydroxylation is 1. The lowest BCUT2D eigenvalue weighted by molar-refractivity contribution is -0.143. The molecule has 178 valence electrons. The molecule has 0 bridgehead atoms. The molecule has 1 aliphatic heterocycles. The summed E-state index contributed by atoms with van der Waals surface area (Å²) < 4.78 is 15.1. The number of anilines is 1. The Morgan fingerprint density at radius 3 is 2.62 bits per heavy atom. The Kier molecular flexibility index (Phi) is 7.75. The number of nitrogens with one attached hydrogen (secondary N) is 2. The third-order valence-corrected chi connectivity index (χ3v) is 4.97. The van der Waals surface area contributed by atoms with Gasteiger partial charge in [0.2, 0.25) is 5.91 Å². The number of imide groups is 1. The van der Waals surface area contributed by atoms with E-state index >= 15 is 0 Å². The second-order valence-corrected chi connectivity index (χ2v) is 7.60. The number of rotatable bonds is 8. The normalized spacial score (nSPS) is 14.1. The monoisotopic (exact) mass is 487 g/mol. The minimum absolute atomic E-state index is 0.0466. The highest BCUT2D eigenvalue weighted by Gasteiger charge is 2.35. The molecule has 4 amide bonds. The second-order valence-electron chi connectivity index (χ2n) is 7.20. The molecule has 2 aromatic rings. The Hall–Kier alpha value is -4.05. The van der Waals surface area contributed by atoms with Crippen molar-refractivity contribution in [2.75, 3.05) is 32.7 Å². The van der Waals surface area contributed by atoms with Crippen LogP contribution in [0.2, 0.25) is 5.02 Å². The van der Waals surface area contributed by atoms with E-state index in [0.717, 1.165) is 10.5 Å². The number of carbonyl (C=O) groups excluding carboxylic acids is 4. The smallest absolute Gasteiger partial charge is 0.343 e. The van der Waals surface area contributed by atoms with Crippen molar-refractivity contribution in [1.82, 2.24) is 10.2 Å². The van der Waals surface area contributed by atoms with E-state index in [1.54, 1.807) is 18.2 Å². The highest BCUT2D eigenvalue weighted by molar-refractivity contribution is 6.32. The Bertz CT molecular complexity index is 1180. The van der Waals surface area contributed by atoms with Gasteiger partial charge >= 0.3 is 12.0 Å². The summed E-state index contributed by atoms with van der Waals surface area (Å²) in [6, 6.07) is 9.39. The van der Waals surface area contributed by atoms with Gasteiger partial charge in [0.25, 0.3) is 5.91 Å². The fourth-order valence-corrected chi connectivity index (χ4v) is 3.38. The molecule has 2 aromatic carbocycles. The predicted octanol–water partition coefficient (Wildman–Crippen LogP) is 2.74. The first kappa shape index (κ1) is 24.6. The lowest BCUT2D eigenvalue weighted by Crippen LogP contribution is -2.38. The van der Waals surface area contributed by atoms with Gasteiger partial charge in [-0.1, -0.05) is 23.7 Å². The SMILES string of the molecule is COC(=O)COc1c(Cl)cc(/C=C2/NC(=O)N(CC(=O)Nc3cccc(C)c3)C2=O)cc1OC. The number of benzene rings is 2. The molecule has 0 unspecified atom stereocenters. The third-order valence-electron chi connectivity index (χ3n) is 4.69. The number of hydrogen-bond donors (Lipinski definition) is 2. The predicted molar refractivity (Wildman–Crippen MR) is 124 cm³/mol. The van der Waals surface area contributed by atoms with Crippen LogP contribution in [0.25, 0.3) is 6.08 Å². The van der Waals surface area contributed by atoms with Crippen LogP contribution >= 0.6 is 11.6 Å². The lowest BCUT2D eigenvalue weighted by atomic mass is 10.1. The van der Waals surface area contributed by atoms with Crippen molar-refractivity contribution in [3.63, 3.8) is 0 Å². The van der Waals surface area contributed by atoms with E-state index in [4.69, 9.17) is 21.1 Å². The first-order valence-electron chi connectivity index (χ1n) is 10.00. The number of methoxy groups -OCH3 is 2. The van der Waals surface area contributed by atoms with Crippen molar-refractivity contribution in [3.8, 4) is 11.5 Å². The van der Waals surface area contributed by atoms with Gasteiger partial charge in [-0.05, 0) is 48.4 Å². The average molecular weight is 488 g/mol. The lowest BCUT2D eigenvalue weighted by Gasteiger charge is -2.13. The molecule has 3 rings (SSSR count). The van der Waals surface area contributed by atoms with Crippen molar-refractivity contribution in [3.05, 3.63) is 58.2 Å². The van der Waals surface area contributed by atoms with Crippen molar-refractivity contribution in [2.24, 2.45) is 0 Å². The topological polar surface area (TPSA) is 123 Å². The Morgan fingerprint density at radius 1 is 1.18 bits per heavy atom. The standard InChI is InChI=1S/C23H22ClN3O7/c1-13-5-4-6-15(7-13)25-19(28)11-27-22(30)17(26-23(27)31)9-14-8-16(24)21(18(10-14)32-2)34-12-20(29)33-3/h4-10H,11-12H2,1-3H3,(H,25,28)(H,26,31)/b17-9+. The summed E-state index contributed by atoms with van der Waals surface area (Å²) in [5.41, 5.74) is 1.88. The zero-order chi connectivity index (χ0) is 24.8. The molecule has 0 radical (unpaired) electrons. The van der Waals surface area contributed by atoms with E-state index in [0.29, 0.717) is 11.3 Å². The molecule has 0 spiro atoms. The zero-order valence-corrected chi connectivity index (χ0v) is 19.4. The maximum Gasteiger partial charge on any atom is 0.343 e. The van der Waals surface area contributed by atoms with Crippen molar-refractivity contribution in [2.45, 2.75) is 6.92 Å². The van der Waals surface area contributed by atoms with Gasteiger partial charge in [-0.2, -0.15) is 0 Å². The van der Waals surface area contributed by atoms with E-state index in [1.165, 1.54) is 32.4 Å². The van der Waals surface area contributed by atoms with Crippen LogP contribution in [-0.4, -0.2) is 56.1 Å². The molecule has 0 aromatic heterocycles. The Balaban J connectivity index is 1.74. The van der Waals surface area contributed by atoms with E-state index < -0.39 is 30.4 Å². The third kappa shape index (κ3) is 5.84. The summed E-state index contributed by atoms with van der Waals surface area (Å²) in [6.07, 6.45) is 1.39. The molecule has 1 fully saturated rings. The first-order chi connectivity index (χ1) is 16.2. The number of amides is 4. The van der Waals surface area contributed by atoms with Gasteiger partial charge in [-0.15, -0.1) is 0 Å². The number of carbonyl (C=O) groups is 4. The van der Waals surface area contributed by atoms with Crippen LogP contribution in [0.4, 0.5) is 10.5 Å². The van der Waals surface area contributed by atoms with Gasteiger partial charge in [-0.25, -0.2) is 14.5 Å². The number of esters is 1. The second kappa shape index (κ2) is 10.7. The highest BCUT2D eigenvalue weighted by Crippen LogP contribution is 2.37. The van der Waals surface area contributed by atoms with E-state index in [9.17, 15) is 19.2 Å². The minimum Gasteiger partial charge on any atom is -0.493 e. The van der Waals surface area contributed by atoms with Crippen LogP contribution in [0.1, 0.15) is 11.1 Å². The molecule has 10 nitrogen and oxygen atoms in total. The largest absolute Gasteiger partial charge is 0.493 e. The fourth-order valence-electron chi connectivity index (χ4n) is 3.10. The van der Waals surface area contributed by atoms with Crippen LogP contribution in [0.3, 0.4) is 0 Å². The summed E-state index contributed by atoms with van der Waals surface area (Å²) in [7, 11) is 2.60. The summed E-state index contributed by atoms with van der Waals surface area (Å²) in [6.45, 7) is 1.05. The Morgan fingerprint density at radius 2 is 1.94 bits per heavy atom. The van der Waals surface area contributed by atoms with E-state index in [1.807, 2.05) is 13.0 Å². The average Bonchev–Trinajstić information content (AvgIpc) is 3.04. The van der Waals surface area contributed by atoms with Crippen LogP contribution in [0.15, 0.2) is 42.1 Å². The number of hydrogen-bond acceptors (Lipinski definition) is 7. The molecule has 2 N–H and O–H groups in total. The summed E-state index contributed by atoms with van der Waals surface area (Å²) in [5, 5.41) is 5.21. The summed E-state index contributed by atoms with van der Waals surface area (Å²) in [5.74, 6) is -1.48. The maximum atomic E-state index is 12.7. The van der Waals surface area contributed by atoms with Crippen LogP contribution in [0.5, 0.6) is 11.5 Å². The van der Waals surface area contributed by atoms with Crippen LogP contribution in [0, 0.1) is 6.92 Å². The number of urea groups is 1. The fraction of sp³-hybridized carbons (Fsp3) is 0.217. The number of ether oxygens (including phenoxy) is 3. The van der Waals surface area contributed by atoms with Crippen molar-refractivity contribution >= 4 is 47.2 Å².